The first kappa shape index (κ1) is 12.1. The van der Waals surface area contributed by atoms with Crippen molar-refractivity contribution in [2.45, 2.75) is 25.8 Å². The third-order valence-electron chi connectivity index (χ3n) is 4.17. The minimum atomic E-state index is 0.0660. The maximum Gasteiger partial charge on any atom is 0.256 e. The fourth-order valence-corrected chi connectivity index (χ4v) is 2.58. The van der Waals surface area contributed by atoms with Crippen LogP contribution in [0.3, 0.4) is 0 Å². The summed E-state index contributed by atoms with van der Waals surface area (Å²) in [5.41, 5.74) is 8.14. The molecule has 4 heteroatoms. The van der Waals surface area contributed by atoms with Crippen LogP contribution in [0.2, 0.25) is 0 Å². The number of nitrogen functional groups attached to an aromatic ring is 1. The number of amides is 1. The molecule has 0 aliphatic heterocycles. The summed E-state index contributed by atoms with van der Waals surface area (Å²) < 4.78 is 0. The second-order valence-corrected chi connectivity index (χ2v) is 5.50. The third-order valence-corrected chi connectivity index (χ3v) is 4.17. The molecule has 0 spiro atoms. The molecule has 100 valence electrons. The first-order chi connectivity index (χ1) is 9.08. The Morgan fingerprint density at radius 2 is 2.21 bits per heavy atom. The zero-order valence-electron chi connectivity index (χ0n) is 11.3. The molecule has 1 aromatic heterocycles. The van der Waals surface area contributed by atoms with E-state index < -0.39 is 0 Å². The summed E-state index contributed by atoms with van der Waals surface area (Å²) in [6.45, 7) is 2.12. The van der Waals surface area contributed by atoms with E-state index in [2.05, 4.69) is 11.9 Å². The van der Waals surface area contributed by atoms with Gasteiger partial charge in [0.05, 0.1) is 5.56 Å². The summed E-state index contributed by atoms with van der Waals surface area (Å²) in [5.74, 6) is 0.737. The number of rotatable bonds is 3. The Balaban J connectivity index is 1.94. The minimum Gasteiger partial charge on any atom is -0.399 e. The molecule has 1 fully saturated rings. The van der Waals surface area contributed by atoms with Crippen molar-refractivity contribution < 1.29 is 4.79 Å². The van der Waals surface area contributed by atoms with Gasteiger partial charge in [-0.3, -0.25) is 4.79 Å². The van der Waals surface area contributed by atoms with Crippen LogP contribution in [-0.4, -0.2) is 28.9 Å². The van der Waals surface area contributed by atoms with Crippen LogP contribution in [0.1, 0.15) is 30.1 Å². The van der Waals surface area contributed by atoms with Crippen molar-refractivity contribution in [1.29, 1.82) is 0 Å². The molecule has 1 amide bonds. The summed E-state index contributed by atoms with van der Waals surface area (Å²) in [7, 11) is 1.89. The van der Waals surface area contributed by atoms with Gasteiger partial charge in [-0.15, -0.1) is 0 Å². The number of aromatic nitrogens is 1. The summed E-state index contributed by atoms with van der Waals surface area (Å²) in [5, 5.41) is 0.903. The fourth-order valence-electron chi connectivity index (χ4n) is 2.58. The Morgan fingerprint density at radius 3 is 2.89 bits per heavy atom. The van der Waals surface area contributed by atoms with Gasteiger partial charge < -0.3 is 15.6 Å². The van der Waals surface area contributed by atoms with Crippen molar-refractivity contribution in [2.24, 2.45) is 5.92 Å². The molecule has 0 saturated heterocycles. The number of nitrogens with two attached hydrogens (primary N) is 1. The molecular weight excluding hydrogens is 238 g/mol. The van der Waals surface area contributed by atoms with E-state index in [9.17, 15) is 4.79 Å². The summed E-state index contributed by atoms with van der Waals surface area (Å²) >= 11 is 0. The lowest BCUT2D eigenvalue weighted by molar-refractivity contribution is 0.0729. The van der Waals surface area contributed by atoms with Gasteiger partial charge >= 0.3 is 0 Å². The van der Waals surface area contributed by atoms with Crippen LogP contribution in [0, 0.1) is 5.92 Å². The molecule has 1 aliphatic carbocycles. The SMILES string of the molecule is CC(C1CC1)N(C)C(=O)c1c[nH]c2ccc(N)cc12. The highest BCUT2D eigenvalue weighted by Gasteiger charge is 2.33. The first-order valence-corrected chi connectivity index (χ1v) is 6.71. The van der Waals surface area contributed by atoms with E-state index in [4.69, 9.17) is 5.73 Å². The Hall–Kier alpha value is -1.97. The van der Waals surface area contributed by atoms with Crippen molar-refractivity contribution in [2.75, 3.05) is 12.8 Å². The van der Waals surface area contributed by atoms with E-state index in [1.807, 2.05) is 30.1 Å². The maximum absolute atomic E-state index is 12.6. The smallest absolute Gasteiger partial charge is 0.256 e. The minimum absolute atomic E-state index is 0.0660. The molecule has 1 unspecified atom stereocenters. The highest BCUT2D eigenvalue weighted by Crippen LogP contribution is 2.35. The lowest BCUT2D eigenvalue weighted by atomic mass is 10.1. The Labute approximate surface area is 112 Å². The first-order valence-electron chi connectivity index (χ1n) is 6.71. The number of nitrogens with zero attached hydrogens (tertiary/aromatic N) is 1. The predicted molar refractivity (Wildman–Crippen MR) is 77.0 cm³/mol. The average molecular weight is 257 g/mol. The van der Waals surface area contributed by atoms with Crippen molar-refractivity contribution >= 4 is 22.5 Å². The van der Waals surface area contributed by atoms with Crippen LogP contribution in [0.5, 0.6) is 0 Å². The Bertz CT molecular complexity index is 627. The van der Waals surface area contributed by atoms with Gasteiger partial charge in [0.15, 0.2) is 0 Å². The summed E-state index contributed by atoms with van der Waals surface area (Å²) in [6.07, 6.45) is 4.25. The lowest BCUT2D eigenvalue weighted by Gasteiger charge is -2.24. The molecule has 4 nitrogen and oxygen atoms in total. The van der Waals surface area contributed by atoms with Crippen LogP contribution in [0.15, 0.2) is 24.4 Å². The number of carbonyl (C=O) groups is 1. The van der Waals surface area contributed by atoms with Crippen LogP contribution in [0.4, 0.5) is 5.69 Å². The van der Waals surface area contributed by atoms with Gasteiger partial charge in [-0.2, -0.15) is 0 Å². The van der Waals surface area contributed by atoms with Crippen LogP contribution < -0.4 is 5.73 Å². The molecule has 3 N–H and O–H groups in total. The lowest BCUT2D eigenvalue weighted by Crippen LogP contribution is -2.36. The fraction of sp³-hybridized carbons (Fsp3) is 0.400. The van der Waals surface area contributed by atoms with Gasteiger partial charge in [-0.25, -0.2) is 0 Å². The van der Waals surface area contributed by atoms with E-state index in [1.165, 1.54) is 12.8 Å². The number of hydrogen-bond donors (Lipinski definition) is 2. The number of hydrogen-bond acceptors (Lipinski definition) is 2. The van der Waals surface area contributed by atoms with Gasteiger partial charge in [0, 0.05) is 35.9 Å². The normalized spacial score (nSPS) is 16.5. The summed E-state index contributed by atoms with van der Waals surface area (Å²) in [6, 6.07) is 5.91. The van der Waals surface area contributed by atoms with E-state index >= 15 is 0 Å². The number of anilines is 1. The van der Waals surface area contributed by atoms with Crippen LogP contribution in [-0.2, 0) is 0 Å². The zero-order chi connectivity index (χ0) is 13.6. The quantitative estimate of drug-likeness (QED) is 0.830. The second-order valence-electron chi connectivity index (χ2n) is 5.50. The predicted octanol–water partition coefficient (Wildman–Crippen LogP) is 2.62. The molecule has 3 rings (SSSR count). The monoisotopic (exact) mass is 257 g/mol. The maximum atomic E-state index is 12.6. The van der Waals surface area contributed by atoms with Crippen LogP contribution >= 0.6 is 0 Å². The topological polar surface area (TPSA) is 62.1 Å². The molecule has 0 radical (unpaired) electrons. The van der Waals surface area contributed by atoms with Crippen molar-refractivity contribution in [3.63, 3.8) is 0 Å². The summed E-state index contributed by atoms with van der Waals surface area (Å²) in [4.78, 5) is 17.6. The van der Waals surface area contributed by atoms with Gasteiger partial charge in [0.1, 0.15) is 0 Å². The van der Waals surface area contributed by atoms with Crippen molar-refractivity contribution in [3.05, 3.63) is 30.0 Å². The Morgan fingerprint density at radius 1 is 1.47 bits per heavy atom. The van der Waals surface area contributed by atoms with Gasteiger partial charge in [0.25, 0.3) is 5.91 Å². The molecule has 19 heavy (non-hydrogen) atoms. The van der Waals surface area contributed by atoms with E-state index in [1.54, 1.807) is 6.20 Å². The molecule has 1 atom stereocenters. The number of aromatic amines is 1. The van der Waals surface area contributed by atoms with Gasteiger partial charge in [-0.05, 0) is 43.9 Å². The number of benzene rings is 1. The Kier molecular flexibility index (Phi) is 2.73. The molecule has 1 saturated carbocycles. The van der Waals surface area contributed by atoms with Crippen LogP contribution in [0.25, 0.3) is 10.9 Å². The molecule has 1 heterocycles. The van der Waals surface area contributed by atoms with Gasteiger partial charge in [-0.1, -0.05) is 0 Å². The number of carbonyl (C=O) groups excluding carboxylic acids is 1. The number of H-pyrrole nitrogens is 1. The van der Waals surface area contributed by atoms with Gasteiger partial charge in [0.2, 0.25) is 0 Å². The van der Waals surface area contributed by atoms with E-state index in [-0.39, 0.29) is 5.91 Å². The van der Waals surface area contributed by atoms with Crippen molar-refractivity contribution in [1.82, 2.24) is 9.88 Å². The molecular formula is C15H19N3O. The molecule has 1 aliphatic rings. The number of fused-ring (bicyclic) bond motifs is 1. The second kappa shape index (κ2) is 4.30. The standard InChI is InChI=1S/C15H19N3O/c1-9(10-3-4-10)18(2)15(19)13-8-17-14-6-5-11(16)7-12(13)14/h5-10,17H,3-4,16H2,1-2H3. The molecule has 0 bridgehead atoms. The highest BCUT2D eigenvalue weighted by atomic mass is 16.2. The third kappa shape index (κ3) is 2.07. The zero-order valence-corrected chi connectivity index (χ0v) is 11.3. The van der Waals surface area contributed by atoms with E-state index in [0.29, 0.717) is 23.2 Å². The molecule has 1 aromatic carbocycles. The molecule has 2 aromatic rings. The van der Waals surface area contributed by atoms with E-state index in [0.717, 1.165) is 10.9 Å². The highest BCUT2D eigenvalue weighted by molar-refractivity contribution is 6.07. The largest absolute Gasteiger partial charge is 0.399 e. The number of nitrogens with one attached hydrogen (secondary N) is 1. The van der Waals surface area contributed by atoms with Crippen molar-refractivity contribution in [3.8, 4) is 0 Å². The average Bonchev–Trinajstić information content (AvgIpc) is 3.17.